The lowest BCUT2D eigenvalue weighted by molar-refractivity contribution is -0.132. The van der Waals surface area contributed by atoms with E-state index < -0.39 is 0 Å². The molecule has 5 nitrogen and oxygen atoms in total. The van der Waals surface area contributed by atoms with Gasteiger partial charge in [-0.2, -0.15) is 0 Å². The molecule has 0 saturated carbocycles. The fourth-order valence-electron chi connectivity index (χ4n) is 2.66. The largest absolute Gasteiger partial charge is 0.494 e. The Hall–Kier alpha value is -1.30. The molecular formula is C17H28ClN3O2. The van der Waals surface area contributed by atoms with Gasteiger partial charge in [-0.15, -0.1) is 12.4 Å². The molecule has 0 radical (unpaired) electrons. The molecule has 2 rings (SSSR count). The van der Waals surface area contributed by atoms with Crippen molar-refractivity contribution < 1.29 is 9.53 Å². The van der Waals surface area contributed by atoms with E-state index in [1.807, 2.05) is 37.1 Å². The smallest absolute Gasteiger partial charge is 0.223 e. The van der Waals surface area contributed by atoms with Gasteiger partial charge >= 0.3 is 0 Å². The Morgan fingerprint density at radius 2 is 2.00 bits per heavy atom. The molecule has 1 N–H and O–H groups in total. The van der Waals surface area contributed by atoms with E-state index in [1.54, 1.807) is 0 Å². The van der Waals surface area contributed by atoms with Gasteiger partial charge in [-0.05, 0) is 20.0 Å². The van der Waals surface area contributed by atoms with Crippen LogP contribution in [0.2, 0.25) is 0 Å². The van der Waals surface area contributed by atoms with E-state index in [-0.39, 0.29) is 18.3 Å². The van der Waals surface area contributed by atoms with E-state index in [0.29, 0.717) is 13.0 Å². The van der Waals surface area contributed by atoms with Crippen LogP contribution in [0.15, 0.2) is 24.3 Å². The molecule has 0 aromatic heterocycles. The van der Waals surface area contributed by atoms with E-state index >= 15 is 0 Å². The first-order valence-electron chi connectivity index (χ1n) is 8.08. The first-order chi connectivity index (χ1) is 10.7. The number of amides is 1. The summed E-state index contributed by atoms with van der Waals surface area (Å²) in [6.07, 6.45) is 0.577. The average Bonchev–Trinajstić information content (AvgIpc) is 2.55. The molecule has 0 aliphatic carbocycles. The predicted octanol–water partition coefficient (Wildman–Crippen LogP) is 1.76. The number of para-hydroxylation sites is 1. The fourth-order valence-corrected chi connectivity index (χ4v) is 2.66. The minimum absolute atomic E-state index is 0. The third kappa shape index (κ3) is 6.37. The van der Waals surface area contributed by atoms with Gasteiger partial charge in [0.05, 0.1) is 6.61 Å². The first-order valence-corrected chi connectivity index (χ1v) is 8.08. The van der Waals surface area contributed by atoms with Crippen LogP contribution in [0.1, 0.15) is 18.9 Å². The molecule has 23 heavy (non-hydrogen) atoms. The minimum atomic E-state index is 0. The van der Waals surface area contributed by atoms with Gasteiger partial charge in [-0.25, -0.2) is 0 Å². The lowest BCUT2D eigenvalue weighted by Gasteiger charge is -2.28. The number of piperazine rings is 1. The van der Waals surface area contributed by atoms with Crippen molar-refractivity contribution >= 4 is 18.3 Å². The molecule has 130 valence electrons. The van der Waals surface area contributed by atoms with Gasteiger partial charge in [-0.3, -0.25) is 4.79 Å². The summed E-state index contributed by atoms with van der Waals surface area (Å²) < 4.78 is 5.65. The summed E-state index contributed by atoms with van der Waals surface area (Å²) in [5.74, 6) is 1.19. The third-order valence-corrected chi connectivity index (χ3v) is 3.89. The minimum Gasteiger partial charge on any atom is -0.494 e. The van der Waals surface area contributed by atoms with Crippen molar-refractivity contribution in [1.82, 2.24) is 15.1 Å². The number of nitrogens with zero attached hydrogens (tertiary/aromatic N) is 2. The SMILES string of the molecule is CCOc1ccccc1CN(C)CCC(=O)N1CCNCC1.Cl. The molecular weight excluding hydrogens is 314 g/mol. The zero-order valence-corrected chi connectivity index (χ0v) is 14.9. The van der Waals surface area contributed by atoms with Crippen molar-refractivity contribution in [3.8, 4) is 5.75 Å². The van der Waals surface area contributed by atoms with Crippen LogP contribution in [0.4, 0.5) is 0 Å². The summed E-state index contributed by atoms with van der Waals surface area (Å²) in [4.78, 5) is 16.3. The number of ether oxygens (including phenoxy) is 1. The maximum absolute atomic E-state index is 12.2. The summed E-state index contributed by atoms with van der Waals surface area (Å²) in [5.41, 5.74) is 1.17. The summed E-state index contributed by atoms with van der Waals surface area (Å²) >= 11 is 0. The zero-order valence-electron chi connectivity index (χ0n) is 14.1. The maximum atomic E-state index is 12.2. The van der Waals surface area contributed by atoms with Crippen molar-refractivity contribution in [2.75, 3.05) is 46.4 Å². The molecule has 1 saturated heterocycles. The van der Waals surface area contributed by atoms with Crippen LogP contribution in [0.5, 0.6) is 5.75 Å². The molecule has 1 aromatic carbocycles. The van der Waals surface area contributed by atoms with E-state index in [1.165, 1.54) is 5.56 Å². The summed E-state index contributed by atoms with van der Waals surface area (Å²) in [6.45, 7) is 7.70. The average molecular weight is 342 g/mol. The highest BCUT2D eigenvalue weighted by molar-refractivity contribution is 5.85. The lowest BCUT2D eigenvalue weighted by Crippen LogP contribution is -2.47. The molecule has 1 aliphatic rings. The highest BCUT2D eigenvalue weighted by Crippen LogP contribution is 2.19. The van der Waals surface area contributed by atoms with E-state index in [4.69, 9.17) is 4.74 Å². The van der Waals surface area contributed by atoms with Crippen molar-refractivity contribution in [3.05, 3.63) is 29.8 Å². The fraction of sp³-hybridized carbons (Fsp3) is 0.588. The Morgan fingerprint density at radius 3 is 2.70 bits per heavy atom. The molecule has 1 heterocycles. The molecule has 6 heteroatoms. The molecule has 1 fully saturated rings. The Bertz CT molecular complexity index is 479. The van der Waals surface area contributed by atoms with Crippen molar-refractivity contribution in [1.29, 1.82) is 0 Å². The van der Waals surface area contributed by atoms with Crippen molar-refractivity contribution in [2.24, 2.45) is 0 Å². The highest BCUT2D eigenvalue weighted by atomic mass is 35.5. The molecule has 0 spiro atoms. The number of benzene rings is 1. The van der Waals surface area contributed by atoms with Crippen LogP contribution in [0.3, 0.4) is 0 Å². The second-order valence-electron chi connectivity index (χ2n) is 5.66. The van der Waals surface area contributed by atoms with Gasteiger partial charge in [0.15, 0.2) is 0 Å². The number of carbonyl (C=O) groups excluding carboxylic acids is 1. The number of nitrogens with one attached hydrogen (secondary N) is 1. The van der Waals surface area contributed by atoms with Gasteiger partial charge in [0.25, 0.3) is 0 Å². The predicted molar refractivity (Wildman–Crippen MR) is 95.3 cm³/mol. The molecule has 0 bridgehead atoms. The number of carbonyl (C=O) groups is 1. The number of hydrogen-bond donors (Lipinski definition) is 1. The molecule has 0 atom stereocenters. The Morgan fingerprint density at radius 1 is 1.30 bits per heavy atom. The van der Waals surface area contributed by atoms with Crippen LogP contribution < -0.4 is 10.1 Å². The quantitative estimate of drug-likeness (QED) is 0.821. The standard InChI is InChI=1S/C17H27N3O2.ClH/c1-3-22-16-7-5-4-6-15(16)14-19(2)11-8-17(21)20-12-9-18-10-13-20;/h4-7,18H,3,8-14H2,1-2H3;1H. The van der Waals surface area contributed by atoms with Crippen LogP contribution in [-0.2, 0) is 11.3 Å². The second kappa shape index (κ2) is 10.5. The van der Waals surface area contributed by atoms with Crippen LogP contribution in [-0.4, -0.2) is 62.1 Å². The number of hydrogen-bond acceptors (Lipinski definition) is 4. The molecule has 0 unspecified atom stereocenters. The van der Waals surface area contributed by atoms with Gasteiger partial charge in [0.1, 0.15) is 5.75 Å². The van der Waals surface area contributed by atoms with E-state index in [9.17, 15) is 4.79 Å². The number of rotatable bonds is 7. The van der Waals surface area contributed by atoms with Crippen LogP contribution >= 0.6 is 12.4 Å². The summed E-state index contributed by atoms with van der Waals surface area (Å²) in [6, 6.07) is 8.10. The Kier molecular flexibility index (Phi) is 8.99. The van der Waals surface area contributed by atoms with Crippen molar-refractivity contribution in [2.45, 2.75) is 19.9 Å². The van der Waals surface area contributed by atoms with E-state index in [2.05, 4.69) is 16.3 Å². The maximum Gasteiger partial charge on any atom is 0.223 e. The Labute approximate surface area is 145 Å². The second-order valence-corrected chi connectivity index (χ2v) is 5.66. The lowest BCUT2D eigenvalue weighted by atomic mass is 10.2. The molecule has 1 aromatic rings. The number of halogens is 1. The molecule has 1 aliphatic heterocycles. The van der Waals surface area contributed by atoms with Gasteiger partial charge in [-0.1, -0.05) is 18.2 Å². The van der Waals surface area contributed by atoms with E-state index in [0.717, 1.165) is 45.0 Å². The first kappa shape index (κ1) is 19.7. The van der Waals surface area contributed by atoms with Gasteiger partial charge in [0, 0.05) is 51.3 Å². The van der Waals surface area contributed by atoms with Crippen molar-refractivity contribution in [3.63, 3.8) is 0 Å². The topological polar surface area (TPSA) is 44.8 Å². The Balaban J connectivity index is 0.00000264. The van der Waals surface area contributed by atoms with Gasteiger partial charge < -0.3 is 19.9 Å². The van der Waals surface area contributed by atoms with Crippen LogP contribution in [0.25, 0.3) is 0 Å². The van der Waals surface area contributed by atoms with Crippen LogP contribution in [0, 0.1) is 0 Å². The highest BCUT2D eigenvalue weighted by Gasteiger charge is 2.16. The summed E-state index contributed by atoms with van der Waals surface area (Å²) in [5, 5.41) is 3.27. The van der Waals surface area contributed by atoms with Gasteiger partial charge in [0.2, 0.25) is 5.91 Å². The normalized spacial score (nSPS) is 14.5. The third-order valence-electron chi connectivity index (χ3n) is 3.89. The zero-order chi connectivity index (χ0) is 15.8. The monoisotopic (exact) mass is 341 g/mol. The summed E-state index contributed by atoms with van der Waals surface area (Å²) in [7, 11) is 2.05. The molecule has 1 amide bonds.